The number of urea groups is 1. The third-order valence-electron chi connectivity index (χ3n) is 3.26. The monoisotopic (exact) mass is 354 g/mol. The summed E-state index contributed by atoms with van der Waals surface area (Å²) >= 11 is 0. The summed E-state index contributed by atoms with van der Waals surface area (Å²) in [5.74, 6) is 0. The lowest BCUT2D eigenvalue weighted by Crippen LogP contribution is -2.23. The van der Waals surface area contributed by atoms with Gasteiger partial charge in [0.2, 0.25) is 0 Å². The number of nitrogens with zero attached hydrogens (tertiary/aromatic N) is 1. The maximum Gasteiger partial charge on any atom is 0.433 e. The number of carbonyl (C=O) groups excluding carboxylic acids is 1. The Morgan fingerprint density at radius 1 is 1.12 bits per heavy atom. The minimum Gasteiger partial charge on any atom is -0.351 e. The summed E-state index contributed by atoms with van der Waals surface area (Å²) in [4.78, 5) is 11.0. The number of halogens is 6. The van der Waals surface area contributed by atoms with Crippen LogP contribution in [0.4, 0.5) is 36.8 Å². The predicted octanol–water partition coefficient (Wildman–Crippen LogP) is 3.13. The van der Waals surface area contributed by atoms with E-state index < -0.39 is 40.7 Å². The van der Waals surface area contributed by atoms with Crippen molar-refractivity contribution < 1.29 is 31.1 Å². The van der Waals surface area contributed by atoms with Gasteiger partial charge in [0, 0.05) is 18.5 Å². The van der Waals surface area contributed by atoms with Crippen molar-refractivity contribution in [1.29, 1.82) is 0 Å². The zero-order valence-electron chi connectivity index (χ0n) is 11.9. The number of hydrogen-bond donors (Lipinski definition) is 3. The first-order chi connectivity index (χ1) is 11.0. The molecule has 2 amide bonds. The van der Waals surface area contributed by atoms with Gasteiger partial charge in [-0.3, -0.25) is 0 Å². The van der Waals surface area contributed by atoms with E-state index in [1.165, 1.54) is 0 Å². The second-order valence-electron chi connectivity index (χ2n) is 4.88. The molecule has 2 aromatic rings. The van der Waals surface area contributed by atoms with E-state index in [0.29, 0.717) is 16.7 Å². The number of carbonyl (C=O) groups is 1. The number of primary amides is 1. The van der Waals surface area contributed by atoms with E-state index in [1.54, 1.807) is 5.32 Å². The fourth-order valence-electron chi connectivity index (χ4n) is 2.44. The van der Waals surface area contributed by atoms with Crippen molar-refractivity contribution in [1.82, 2.24) is 4.57 Å². The molecule has 1 aromatic carbocycles. The van der Waals surface area contributed by atoms with E-state index in [2.05, 4.69) is 0 Å². The largest absolute Gasteiger partial charge is 0.433 e. The standard InChI is InChI=1S/C13H12F6N4O/c14-12(15,16)6-1-2-8-7(5-6)9(22-11(21)24)10(13(17,18)19)23(8)4-3-20/h1-2,5H,3-4,20H2,(H3,21,22,24). The number of anilines is 1. The molecule has 0 unspecified atom stereocenters. The Kier molecular flexibility index (Phi) is 4.40. The highest BCUT2D eigenvalue weighted by molar-refractivity contribution is 6.03. The van der Waals surface area contributed by atoms with Crippen LogP contribution in [0.3, 0.4) is 0 Å². The van der Waals surface area contributed by atoms with Gasteiger partial charge in [0.25, 0.3) is 0 Å². The highest BCUT2D eigenvalue weighted by Crippen LogP contribution is 2.43. The van der Waals surface area contributed by atoms with Crippen molar-refractivity contribution in [3.8, 4) is 0 Å². The Balaban J connectivity index is 2.89. The van der Waals surface area contributed by atoms with Gasteiger partial charge < -0.3 is 21.4 Å². The van der Waals surface area contributed by atoms with Crippen LogP contribution in [0.2, 0.25) is 0 Å². The number of nitrogens with two attached hydrogens (primary N) is 2. The average Bonchev–Trinajstić information content (AvgIpc) is 2.71. The molecule has 0 radical (unpaired) electrons. The van der Waals surface area contributed by atoms with E-state index in [4.69, 9.17) is 11.5 Å². The second-order valence-corrected chi connectivity index (χ2v) is 4.88. The zero-order valence-corrected chi connectivity index (χ0v) is 11.9. The van der Waals surface area contributed by atoms with Gasteiger partial charge in [-0.2, -0.15) is 26.3 Å². The molecule has 0 aliphatic carbocycles. The number of benzene rings is 1. The third kappa shape index (κ3) is 3.25. The molecular formula is C13H12F6N4O. The van der Waals surface area contributed by atoms with Crippen molar-refractivity contribution >= 4 is 22.6 Å². The molecular weight excluding hydrogens is 342 g/mol. The van der Waals surface area contributed by atoms with E-state index in [0.717, 1.165) is 6.07 Å². The summed E-state index contributed by atoms with van der Waals surface area (Å²) in [6.45, 7) is -0.499. The molecule has 24 heavy (non-hydrogen) atoms. The molecule has 5 N–H and O–H groups in total. The van der Waals surface area contributed by atoms with Crippen LogP contribution in [0.25, 0.3) is 10.9 Å². The van der Waals surface area contributed by atoms with Crippen molar-refractivity contribution in [2.75, 3.05) is 11.9 Å². The molecule has 1 aromatic heterocycles. The smallest absolute Gasteiger partial charge is 0.351 e. The van der Waals surface area contributed by atoms with Crippen molar-refractivity contribution in [2.24, 2.45) is 11.5 Å². The maximum absolute atomic E-state index is 13.4. The lowest BCUT2D eigenvalue weighted by Gasteiger charge is -2.14. The van der Waals surface area contributed by atoms with E-state index in [1.807, 2.05) is 0 Å². The van der Waals surface area contributed by atoms with Crippen LogP contribution in [-0.4, -0.2) is 17.1 Å². The summed E-state index contributed by atoms with van der Waals surface area (Å²) < 4.78 is 79.4. The van der Waals surface area contributed by atoms with Crippen LogP contribution in [0.5, 0.6) is 0 Å². The Bertz CT molecular complexity index is 777. The highest BCUT2D eigenvalue weighted by Gasteiger charge is 2.40. The first-order valence-corrected chi connectivity index (χ1v) is 6.54. The molecule has 1 heterocycles. The van der Waals surface area contributed by atoms with Crippen LogP contribution in [0.15, 0.2) is 18.2 Å². The normalized spacial score (nSPS) is 12.6. The zero-order chi connectivity index (χ0) is 18.3. The Morgan fingerprint density at radius 2 is 1.75 bits per heavy atom. The molecule has 0 fully saturated rings. The molecule has 0 atom stereocenters. The number of nitrogens with one attached hydrogen (secondary N) is 1. The molecule has 132 valence electrons. The van der Waals surface area contributed by atoms with Crippen LogP contribution < -0.4 is 16.8 Å². The van der Waals surface area contributed by atoms with Crippen LogP contribution in [0.1, 0.15) is 11.3 Å². The molecule has 0 bridgehead atoms. The van der Waals surface area contributed by atoms with Gasteiger partial charge in [-0.05, 0) is 18.2 Å². The fourth-order valence-corrected chi connectivity index (χ4v) is 2.44. The van der Waals surface area contributed by atoms with Crippen molar-refractivity contribution in [3.63, 3.8) is 0 Å². The Labute approximate surface area is 131 Å². The van der Waals surface area contributed by atoms with Gasteiger partial charge in [-0.1, -0.05) is 0 Å². The van der Waals surface area contributed by atoms with E-state index in [9.17, 15) is 31.1 Å². The van der Waals surface area contributed by atoms with Crippen molar-refractivity contribution in [2.45, 2.75) is 18.9 Å². The van der Waals surface area contributed by atoms with Gasteiger partial charge in [0.15, 0.2) is 0 Å². The van der Waals surface area contributed by atoms with Gasteiger partial charge in [0.1, 0.15) is 5.69 Å². The summed E-state index contributed by atoms with van der Waals surface area (Å²) in [6, 6.07) is 0.756. The number of amides is 2. The number of rotatable bonds is 3. The van der Waals surface area contributed by atoms with E-state index in [-0.39, 0.29) is 18.6 Å². The molecule has 2 rings (SSSR count). The molecule has 0 saturated carbocycles. The molecule has 0 spiro atoms. The molecule has 0 aliphatic rings. The number of aromatic nitrogens is 1. The Hall–Kier alpha value is -2.43. The first-order valence-electron chi connectivity index (χ1n) is 6.54. The summed E-state index contributed by atoms with van der Waals surface area (Å²) in [5.41, 5.74) is 6.71. The van der Waals surface area contributed by atoms with E-state index >= 15 is 0 Å². The van der Waals surface area contributed by atoms with Crippen LogP contribution in [-0.2, 0) is 18.9 Å². The van der Waals surface area contributed by atoms with Crippen LogP contribution >= 0.6 is 0 Å². The number of hydrogen-bond acceptors (Lipinski definition) is 2. The summed E-state index contributed by atoms with van der Waals surface area (Å²) in [6.07, 6.45) is -9.70. The maximum atomic E-state index is 13.4. The average molecular weight is 354 g/mol. The minimum absolute atomic E-state index is 0.149. The van der Waals surface area contributed by atoms with Gasteiger partial charge >= 0.3 is 18.4 Å². The lowest BCUT2D eigenvalue weighted by molar-refractivity contribution is -0.142. The first kappa shape index (κ1) is 17.9. The summed E-state index contributed by atoms with van der Waals surface area (Å²) in [7, 11) is 0. The quantitative estimate of drug-likeness (QED) is 0.740. The number of alkyl halides is 6. The van der Waals surface area contributed by atoms with Crippen LogP contribution in [0, 0.1) is 0 Å². The molecule has 0 aliphatic heterocycles. The van der Waals surface area contributed by atoms with Gasteiger partial charge in [-0.15, -0.1) is 0 Å². The highest BCUT2D eigenvalue weighted by atomic mass is 19.4. The summed E-state index contributed by atoms with van der Waals surface area (Å²) in [5, 5.41) is 1.34. The second kappa shape index (κ2) is 5.89. The lowest BCUT2D eigenvalue weighted by atomic mass is 10.1. The fraction of sp³-hybridized carbons (Fsp3) is 0.308. The number of fused-ring (bicyclic) bond motifs is 1. The third-order valence-corrected chi connectivity index (χ3v) is 3.26. The molecule has 11 heteroatoms. The van der Waals surface area contributed by atoms with Crippen molar-refractivity contribution in [3.05, 3.63) is 29.5 Å². The minimum atomic E-state index is -4.94. The van der Waals surface area contributed by atoms with Gasteiger partial charge in [-0.25, -0.2) is 4.79 Å². The Morgan fingerprint density at radius 3 is 2.21 bits per heavy atom. The van der Waals surface area contributed by atoms with Gasteiger partial charge in [0.05, 0.1) is 16.8 Å². The SMILES string of the molecule is NCCn1c(C(F)(F)F)c(NC(N)=O)c2cc(C(F)(F)F)ccc21. The molecule has 5 nitrogen and oxygen atoms in total. The molecule has 0 saturated heterocycles. The topological polar surface area (TPSA) is 86.1 Å². The predicted molar refractivity (Wildman–Crippen MR) is 74.2 cm³/mol.